The molecule has 0 fully saturated rings. The van der Waals surface area contributed by atoms with Crippen molar-refractivity contribution in [3.8, 4) is 22.3 Å². The number of hydrogen-bond donors (Lipinski definition) is 0. The highest BCUT2D eigenvalue weighted by atomic mass is 32.1. The van der Waals surface area contributed by atoms with Gasteiger partial charge in [0.1, 0.15) is 44.7 Å². The Kier molecular flexibility index (Phi) is 12.3. The van der Waals surface area contributed by atoms with Crippen molar-refractivity contribution in [2.75, 3.05) is 9.80 Å². The molecule has 0 radical (unpaired) electrons. The summed E-state index contributed by atoms with van der Waals surface area (Å²) in [6.07, 6.45) is 0. The third-order valence-electron chi connectivity index (χ3n) is 20.8. The molecule has 0 atom stereocenters. The third kappa shape index (κ3) is 9.00. The Morgan fingerprint density at radius 2 is 0.616 bits per heavy atom. The zero-order chi connectivity index (χ0) is 66.2. The van der Waals surface area contributed by atoms with Crippen molar-refractivity contribution >= 4 is 186 Å². The van der Waals surface area contributed by atoms with Gasteiger partial charge in [-0.25, -0.2) is 0 Å². The smallest absolute Gasteiger partial charge is 0.143 e. The van der Waals surface area contributed by atoms with Crippen molar-refractivity contribution in [3.63, 3.8) is 0 Å². The highest BCUT2D eigenvalue weighted by molar-refractivity contribution is 7.26. The normalized spacial score (nSPS) is 12.5. The molecule has 0 aliphatic heterocycles. The highest BCUT2D eigenvalue weighted by Crippen LogP contribution is 2.51. The largest absolute Gasteiger partial charge is 0.456 e. The maximum Gasteiger partial charge on any atom is 0.143 e. The van der Waals surface area contributed by atoms with Crippen LogP contribution in [0.5, 0.6) is 0 Å². The Hall–Kier alpha value is -11.9. The molecule has 0 aliphatic carbocycles. The minimum absolute atomic E-state index is 0.0508. The van der Waals surface area contributed by atoms with E-state index < -0.39 is 0 Å². The van der Waals surface area contributed by atoms with Crippen LogP contribution in [-0.4, -0.2) is 0 Å². The van der Waals surface area contributed by atoms with Crippen LogP contribution in [0.2, 0.25) is 0 Å². The maximum absolute atomic E-state index is 6.88. The zero-order valence-electron chi connectivity index (χ0n) is 55.5. The maximum atomic E-state index is 6.88. The first-order valence-corrected chi connectivity index (χ1v) is 34.9. The summed E-state index contributed by atoms with van der Waals surface area (Å²) >= 11 is 1.86. The first-order chi connectivity index (χ1) is 48.3. The van der Waals surface area contributed by atoms with Crippen LogP contribution >= 0.6 is 11.3 Å². The lowest BCUT2D eigenvalue weighted by Gasteiger charge is -2.26. The number of rotatable bonds is 8. The van der Waals surface area contributed by atoms with Crippen LogP contribution in [0, 0.1) is 0 Å². The lowest BCUT2D eigenvalue weighted by molar-refractivity contribution is 0.590. The number of hydrogen-bond acceptors (Lipinski definition) is 7. The Morgan fingerprint density at radius 3 is 1.11 bits per heavy atom. The predicted octanol–water partition coefficient (Wildman–Crippen LogP) is 28.0. The number of fused-ring (bicyclic) bond motifs is 21. The van der Waals surface area contributed by atoms with Crippen molar-refractivity contribution in [1.29, 1.82) is 0 Å². The Balaban J connectivity index is 0.758. The number of furan rings is 4. The molecule has 7 heteroatoms. The van der Waals surface area contributed by atoms with Gasteiger partial charge in [0.2, 0.25) is 0 Å². The van der Waals surface area contributed by atoms with Crippen molar-refractivity contribution in [1.82, 2.24) is 0 Å². The summed E-state index contributed by atoms with van der Waals surface area (Å²) in [7, 11) is 0. The van der Waals surface area contributed by atoms with Crippen molar-refractivity contribution in [3.05, 3.63) is 290 Å². The van der Waals surface area contributed by atoms with Crippen molar-refractivity contribution < 1.29 is 17.7 Å². The third-order valence-corrected chi connectivity index (χ3v) is 21.9. The number of benzene rings is 15. The van der Waals surface area contributed by atoms with E-state index in [4.69, 9.17) is 17.7 Å². The molecule has 472 valence electrons. The summed E-state index contributed by atoms with van der Waals surface area (Å²) in [4.78, 5) is 4.84. The van der Waals surface area contributed by atoms with Crippen LogP contribution in [0.25, 0.3) is 162 Å². The van der Waals surface area contributed by atoms with E-state index in [1.165, 1.54) is 63.6 Å². The molecular formula is C92H64N2O4S. The van der Waals surface area contributed by atoms with Gasteiger partial charge in [-0.3, -0.25) is 0 Å². The molecule has 0 saturated heterocycles. The van der Waals surface area contributed by atoms with E-state index in [0.29, 0.717) is 0 Å². The van der Waals surface area contributed by atoms with Gasteiger partial charge in [0, 0.05) is 98.1 Å². The van der Waals surface area contributed by atoms with Gasteiger partial charge in [-0.15, -0.1) is 11.3 Å². The summed E-state index contributed by atoms with van der Waals surface area (Å²) in [5.74, 6) is 0. The van der Waals surface area contributed by atoms with E-state index >= 15 is 0 Å². The minimum Gasteiger partial charge on any atom is -0.456 e. The zero-order valence-corrected chi connectivity index (χ0v) is 56.3. The Morgan fingerprint density at radius 1 is 0.253 bits per heavy atom. The lowest BCUT2D eigenvalue weighted by atomic mass is 9.86. The Bertz CT molecular complexity index is 6760. The van der Waals surface area contributed by atoms with E-state index in [1.54, 1.807) is 0 Å². The molecule has 99 heavy (non-hydrogen) atoms. The van der Waals surface area contributed by atoms with Crippen molar-refractivity contribution in [2.24, 2.45) is 0 Å². The fourth-order valence-corrected chi connectivity index (χ4v) is 16.9. The quantitative estimate of drug-likeness (QED) is 0.141. The molecule has 0 unspecified atom stereocenters. The van der Waals surface area contributed by atoms with Crippen LogP contribution in [0.3, 0.4) is 0 Å². The second-order valence-electron chi connectivity index (χ2n) is 28.7. The summed E-state index contributed by atoms with van der Waals surface area (Å²) < 4.78 is 29.1. The predicted molar refractivity (Wildman–Crippen MR) is 419 cm³/mol. The molecule has 5 aromatic heterocycles. The average molecular weight is 1290 g/mol. The first-order valence-electron chi connectivity index (χ1n) is 34.1. The first kappa shape index (κ1) is 57.4. The number of thiophene rings is 1. The molecule has 0 amide bonds. The second-order valence-corrected chi connectivity index (χ2v) is 29.8. The molecule has 0 bridgehead atoms. The molecule has 5 heterocycles. The molecule has 0 spiro atoms. The van der Waals surface area contributed by atoms with Crippen LogP contribution in [0.15, 0.2) is 297 Å². The second kappa shape index (κ2) is 21.3. The molecule has 6 nitrogen and oxygen atoms in total. The van der Waals surface area contributed by atoms with Crippen LogP contribution < -0.4 is 9.80 Å². The van der Waals surface area contributed by atoms with E-state index in [1.807, 2.05) is 23.5 Å². The van der Waals surface area contributed by atoms with E-state index in [9.17, 15) is 0 Å². The van der Waals surface area contributed by atoms with Gasteiger partial charge in [0.15, 0.2) is 0 Å². The molecule has 0 aliphatic rings. The summed E-state index contributed by atoms with van der Waals surface area (Å²) in [6, 6.07) is 102. The molecule has 15 aromatic carbocycles. The van der Waals surface area contributed by atoms with Gasteiger partial charge in [-0.1, -0.05) is 205 Å². The summed E-state index contributed by atoms with van der Waals surface area (Å²) in [5.41, 5.74) is 20.2. The monoisotopic (exact) mass is 1290 g/mol. The van der Waals surface area contributed by atoms with Crippen LogP contribution in [-0.2, 0) is 10.8 Å². The lowest BCUT2D eigenvalue weighted by Crippen LogP contribution is -2.10. The van der Waals surface area contributed by atoms with Gasteiger partial charge in [-0.2, -0.15) is 0 Å². The van der Waals surface area contributed by atoms with E-state index in [2.05, 4.69) is 318 Å². The van der Waals surface area contributed by atoms with Gasteiger partial charge in [0.05, 0.1) is 10.4 Å². The molecule has 0 saturated carbocycles. The SMILES string of the molecule is CC(C)(C)c1ccc(-c2cccc3c2oc2ccc(N(c4ccc5oc6ccccc6c5c4)c4ccc5c(c4)c4ccccc4c4cc6c(cc54)sc4c(N(c5ccc7oc8ccccc8c7c5)c5ccc7oc8c(-c9ccc(C(C)(C)C)cc9)cccc8c7c5)cccc46)cc23)cc1. The Labute approximate surface area is 574 Å². The van der Waals surface area contributed by atoms with Crippen molar-refractivity contribution in [2.45, 2.75) is 52.4 Å². The molecule has 20 rings (SSSR count). The number of para-hydroxylation sites is 4. The van der Waals surface area contributed by atoms with Crippen LogP contribution in [0.4, 0.5) is 34.1 Å². The minimum atomic E-state index is 0.0508. The van der Waals surface area contributed by atoms with Gasteiger partial charge in [-0.05, 0) is 181 Å². The fraction of sp³-hybridized carbons (Fsp3) is 0.0870. The average Bonchev–Trinajstić information content (AvgIpc) is 1.71. The van der Waals surface area contributed by atoms with Gasteiger partial charge in [0.25, 0.3) is 0 Å². The fourth-order valence-electron chi connectivity index (χ4n) is 15.7. The van der Waals surface area contributed by atoms with E-state index in [-0.39, 0.29) is 10.8 Å². The standard InChI is InChI=1S/C92H64N2O4S/c1-91(2,3)55-32-28-53(29-33-55)62-20-13-22-69-77-48-59(38-44-85(77)97-88(62)69)93(58-37-42-83-75(47-58)67-18-9-11-26-81(67)95-83)57-36-41-66-72(46-57)64-16-7-8-17-65(64)73-51-79-71-24-15-25-80(90(71)99-87(79)52-74(66)73)94(60-39-43-84-76(49-60)68-19-10-12-27-82(68)96-84)61-40-45-86-78(50-61)70-23-14-21-63(89(70)98-86)54-30-34-56(35-31-54)92(4,5)6/h7-52H,1-6H3. The van der Waals surface area contributed by atoms with Gasteiger partial charge < -0.3 is 27.5 Å². The highest BCUT2D eigenvalue weighted by Gasteiger charge is 2.26. The number of anilines is 6. The molecule has 0 N–H and O–H groups in total. The summed E-state index contributed by atoms with van der Waals surface area (Å²) in [5, 5.41) is 18.2. The topological polar surface area (TPSA) is 59.0 Å². The number of nitrogens with zero attached hydrogens (tertiary/aromatic N) is 2. The molecular weight excluding hydrogens is 1230 g/mol. The summed E-state index contributed by atoms with van der Waals surface area (Å²) in [6.45, 7) is 13.5. The van der Waals surface area contributed by atoms with Crippen LogP contribution in [0.1, 0.15) is 52.7 Å². The molecule has 20 aromatic rings. The van der Waals surface area contributed by atoms with Gasteiger partial charge >= 0.3 is 0 Å². The van der Waals surface area contributed by atoms with E-state index in [0.717, 1.165) is 144 Å².